The first-order valence-corrected chi connectivity index (χ1v) is 12.5. The first-order valence-electron chi connectivity index (χ1n) is 12.5. The molecule has 5 rings (SSSR count). The Hall–Kier alpha value is -3.33. The van der Waals surface area contributed by atoms with Gasteiger partial charge < -0.3 is 20.7 Å². The molecule has 2 fully saturated rings. The van der Waals surface area contributed by atoms with Gasteiger partial charge in [-0.1, -0.05) is 0 Å². The number of pyridine rings is 2. The molecular weight excluding hydrogens is 442 g/mol. The maximum absolute atomic E-state index is 12.0. The van der Waals surface area contributed by atoms with E-state index in [1.165, 1.54) is 0 Å². The number of carbonyl (C=O) groups excluding carboxylic acids is 1. The molecule has 0 radical (unpaired) electrons. The molecule has 3 aromatic heterocycles. The SMILES string of the molecule is Cc1cc2nc(NC3CCC([C@H](C)Nc4ncc(CC(=O)NC5COC5)cn4)CC3)ccc2cn1. The zero-order valence-electron chi connectivity index (χ0n) is 20.3. The van der Waals surface area contributed by atoms with Gasteiger partial charge in [0.25, 0.3) is 0 Å². The monoisotopic (exact) mass is 475 g/mol. The van der Waals surface area contributed by atoms with Crippen LogP contribution in [0, 0.1) is 12.8 Å². The summed E-state index contributed by atoms with van der Waals surface area (Å²) in [6.07, 6.45) is 10.1. The summed E-state index contributed by atoms with van der Waals surface area (Å²) in [4.78, 5) is 30.0. The molecule has 0 aromatic carbocycles. The van der Waals surface area contributed by atoms with Crippen LogP contribution in [0.4, 0.5) is 11.8 Å². The van der Waals surface area contributed by atoms with E-state index in [0.29, 0.717) is 31.1 Å². The van der Waals surface area contributed by atoms with Crippen molar-refractivity contribution < 1.29 is 9.53 Å². The van der Waals surface area contributed by atoms with Crippen molar-refractivity contribution in [1.29, 1.82) is 0 Å². The van der Waals surface area contributed by atoms with Crippen molar-refractivity contribution >= 4 is 28.6 Å². The number of fused-ring (bicyclic) bond motifs is 1. The molecule has 1 saturated heterocycles. The van der Waals surface area contributed by atoms with Gasteiger partial charge in [0, 0.05) is 41.8 Å². The van der Waals surface area contributed by atoms with Gasteiger partial charge in [0.05, 0.1) is 31.2 Å². The van der Waals surface area contributed by atoms with E-state index in [0.717, 1.165) is 53.7 Å². The minimum absolute atomic E-state index is 0.0210. The number of hydrogen-bond donors (Lipinski definition) is 3. The Morgan fingerprint density at radius 3 is 2.54 bits per heavy atom. The van der Waals surface area contributed by atoms with E-state index in [9.17, 15) is 4.79 Å². The molecule has 35 heavy (non-hydrogen) atoms. The van der Waals surface area contributed by atoms with Crippen LogP contribution >= 0.6 is 0 Å². The van der Waals surface area contributed by atoms with E-state index < -0.39 is 0 Å². The lowest BCUT2D eigenvalue weighted by Gasteiger charge is -2.33. The molecular formula is C26H33N7O2. The van der Waals surface area contributed by atoms with Crippen LogP contribution in [0.5, 0.6) is 0 Å². The third kappa shape index (κ3) is 6.03. The Labute approximate surface area is 205 Å². The summed E-state index contributed by atoms with van der Waals surface area (Å²) >= 11 is 0. The van der Waals surface area contributed by atoms with E-state index in [2.05, 4.69) is 43.9 Å². The highest BCUT2D eigenvalue weighted by Crippen LogP contribution is 2.30. The van der Waals surface area contributed by atoms with Gasteiger partial charge in [0.1, 0.15) is 5.82 Å². The molecule has 0 spiro atoms. The summed E-state index contributed by atoms with van der Waals surface area (Å²) in [5, 5.41) is 11.1. The summed E-state index contributed by atoms with van der Waals surface area (Å²) in [6, 6.07) is 7.00. The van der Waals surface area contributed by atoms with Gasteiger partial charge in [-0.15, -0.1) is 0 Å². The number of aromatic nitrogens is 4. The maximum atomic E-state index is 12.0. The van der Waals surface area contributed by atoms with Crippen LogP contribution in [-0.2, 0) is 16.0 Å². The van der Waals surface area contributed by atoms with Gasteiger partial charge in [-0.05, 0) is 69.2 Å². The number of aryl methyl sites for hydroxylation is 1. The highest BCUT2D eigenvalue weighted by Gasteiger charge is 2.26. The average Bonchev–Trinajstić information content (AvgIpc) is 2.83. The lowest BCUT2D eigenvalue weighted by molar-refractivity contribution is -0.124. The van der Waals surface area contributed by atoms with Crippen molar-refractivity contribution in [3.63, 3.8) is 0 Å². The third-order valence-electron chi connectivity index (χ3n) is 6.97. The molecule has 0 unspecified atom stereocenters. The highest BCUT2D eigenvalue weighted by molar-refractivity contribution is 5.80. The molecule has 4 heterocycles. The summed E-state index contributed by atoms with van der Waals surface area (Å²) in [6.45, 7) is 5.38. The second-order valence-electron chi connectivity index (χ2n) is 9.80. The number of hydrogen-bond acceptors (Lipinski definition) is 8. The first kappa shape index (κ1) is 23.4. The van der Waals surface area contributed by atoms with Crippen molar-refractivity contribution in [1.82, 2.24) is 25.3 Å². The van der Waals surface area contributed by atoms with Crippen molar-refractivity contribution in [2.24, 2.45) is 5.92 Å². The van der Waals surface area contributed by atoms with Crippen molar-refractivity contribution in [3.05, 3.63) is 48.0 Å². The standard InChI is InChI=1S/C26H33N7O2/c1-16-9-23-20(13-27-16)5-8-24(33-23)31-21-6-3-19(4-7-21)17(2)30-26-28-11-18(12-29-26)10-25(34)32-22-14-35-15-22/h5,8-9,11-13,17,19,21-22H,3-4,6-7,10,14-15H2,1-2H3,(H,31,33)(H,32,34)(H,28,29,30)/t17-,19?,21?/m0/s1. The summed E-state index contributed by atoms with van der Waals surface area (Å²) in [7, 11) is 0. The molecule has 9 heteroatoms. The molecule has 1 atom stereocenters. The zero-order valence-corrected chi connectivity index (χ0v) is 20.3. The summed E-state index contributed by atoms with van der Waals surface area (Å²) < 4.78 is 5.08. The van der Waals surface area contributed by atoms with Gasteiger partial charge in [-0.2, -0.15) is 0 Å². The Morgan fingerprint density at radius 1 is 1.06 bits per heavy atom. The van der Waals surface area contributed by atoms with Crippen LogP contribution < -0.4 is 16.0 Å². The van der Waals surface area contributed by atoms with Crippen LogP contribution in [0.25, 0.3) is 10.9 Å². The number of rotatable bonds is 8. The summed E-state index contributed by atoms with van der Waals surface area (Å²) in [5.41, 5.74) is 2.77. The van der Waals surface area contributed by atoms with Gasteiger partial charge >= 0.3 is 0 Å². The van der Waals surface area contributed by atoms with E-state index in [-0.39, 0.29) is 24.4 Å². The molecule has 1 amide bonds. The second kappa shape index (κ2) is 10.5. The quantitative estimate of drug-likeness (QED) is 0.455. The van der Waals surface area contributed by atoms with Gasteiger partial charge in [0.15, 0.2) is 0 Å². The largest absolute Gasteiger partial charge is 0.377 e. The zero-order chi connectivity index (χ0) is 24.2. The second-order valence-corrected chi connectivity index (χ2v) is 9.80. The number of carbonyl (C=O) groups is 1. The van der Waals surface area contributed by atoms with E-state index in [4.69, 9.17) is 9.72 Å². The molecule has 2 aliphatic rings. The molecule has 1 aliphatic heterocycles. The smallest absolute Gasteiger partial charge is 0.224 e. The molecule has 1 saturated carbocycles. The van der Waals surface area contributed by atoms with Crippen molar-refractivity contribution in [3.8, 4) is 0 Å². The first-order chi connectivity index (χ1) is 17.0. The number of anilines is 2. The van der Waals surface area contributed by atoms with E-state index in [1.54, 1.807) is 12.4 Å². The minimum atomic E-state index is -0.0210. The molecule has 3 aromatic rings. The van der Waals surface area contributed by atoms with Gasteiger partial charge in [-0.3, -0.25) is 9.78 Å². The fourth-order valence-electron chi connectivity index (χ4n) is 4.80. The van der Waals surface area contributed by atoms with Crippen LogP contribution in [0.2, 0.25) is 0 Å². The molecule has 3 N–H and O–H groups in total. The molecule has 184 valence electrons. The topological polar surface area (TPSA) is 114 Å². The molecule has 0 bridgehead atoms. The van der Waals surface area contributed by atoms with E-state index in [1.807, 2.05) is 25.3 Å². The number of amides is 1. The predicted molar refractivity (Wildman–Crippen MR) is 135 cm³/mol. The van der Waals surface area contributed by atoms with Crippen molar-refractivity contribution in [2.45, 2.75) is 64.1 Å². The predicted octanol–water partition coefficient (Wildman–Crippen LogP) is 3.26. The average molecular weight is 476 g/mol. The van der Waals surface area contributed by atoms with Crippen LogP contribution in [0.3, 0.4) is 0 Å². The fraction of sp³-hybridized carbons (Fsp3) is 0.500. The van der Waals surface area contributed by atoms with Crippen LogP contribution in [0.1, 0.15) is 43.9 Å². The Bertz CT molecular complexity index is 1160. The molecule has 1 aliphatic carbocycles. The lowest BCUT2D eigenvalue weighted by Crippen LogP contribution is -2.49. The number of nitrogens with one attached hydrogen (secondary N) is 3. The Balaban J connectivity index is 1.08. The number of nitrogens with zero attached hydrogens (tertiary/aromatic N) is 4. The normalized spacial score (nSPS) is 21.2. The van der Waals surface area contributed by atoms with E-state index >= 15 is 0 Å². The highest BCUT2D eigenvalue weighted by atomic mass is 16.5. The van der Waals surface area contributed by atoms with Gasteiger partial charge in [-0.25, -0.2) is 15.0 Å². The fourth-order valence-corrected chi connectivity index (χ4v) is 4.80. The van der Waals surface area contributed by atoms with Gasteiger partial charge in [0.2, 0.25) is 11.9 Å². The summed E-state index contributed by atoms with van der Waals surface area (Å²) in [5.74, 6) is 2.08. The van der Waals surface area contributed by atoms with Crippen molar-refractivity contribution in [2.75, 3.05) is 23.8 Å². The lowest BCUT2D eigenvalue weighted by atomic mass is 9.82. The Morgan fingerprint density at radius 2 is 1.83 bits per heavy atom. The van der Waals surface area contributed by atoms with Crippen LogP contribution in [-0.4, -0.2) is 57.2 Å². The van der Waals surface area contributed by atoms with Crippen LogP contribution in [0.15, 0.2) is 36.8 Å². The maximum Gasteiger partial charge on any atom is 0.224 e. The molecule has 9 nitrogen and oxygen atoms in total. The Kier molecular flexibility index (Phi) is 7.03. The minimum Gasteiger partial charge on any atom is -0.377 e. The number of ether oxygens (including phenoxy) is 1. The third-order valence-corrected chi connectivity index (χ3v) is 6.97.